The van der Waals surface area contributed by atoms with E-state index in [1.165, 1.54) is 0 Å². The molecule has 0 aliphatic heterocycles. The highest BCUT2D eigenvalue weighted by Gasteiger charge is 2.69. The molecule has 2 bridgehead atoms. The van der Waals surface area contributed by atoms with Crippen molar-refractivity contribution in [2.45, 2.75) is 24.7 Å². The number of rotatable bonds is 3. The van der Waals surface area contributed by atoms with Gasteiger partial charge in [0.25, 0.3) is 0 Å². The molecule has 7 heteroatoms. The van der Waals surface area contributed by atoms with Gasteiger partial charge in [-0.15, -0.1) is 0 Å². The van der Waals surface area contributed by atoms with Gasteiger partial charge in [0, 0.05) is 10.7 Å². The maximum absolute atomic E-state index is 13.4. The summed E-state index contributed by atoms with van der Waals surface area (Å²) in [6.45, 7) is 0. The van der Waals surface area contributed by atoms with Gasteiger partial charge in [0.2, 0.25) is 9.05 Å². The zero-order chi connectivity index (χ0) is 14.1. The molecular formula is C12H10Cl3FO2S. The van der Waals surface area contributed by atoms with E-state index in [2.05, 4.69) is 0 Å². The van der Waals surface area contributed by atoms with Crippen molar-refractivity contribution in [3.8, 4) is 0 Å². The van der Waals surface area contributed by atoms with Crippen LogP contribution in [0.1, 0.15) is 24.8 Å². The number of benzene rings is 1. The molecule has 0 saturated heterocycles. The highest BCUT2D eigenvalue weighted by Crippen LogP contribution is 2.74. The van der Waals surface area contributed by atoms with E-state index in [0.717, 1.165) is 24.8 Å². The summed E-state index contributed by atoms with van der Waals surface area (Å²) in [5.74, 6) is -0.608. The topological polar surface area (TPSA) is 34.1 Å². The van der Waals surface area contributed by atoms with Gasteiger partial charge < -0.3 is 0 Å². The maximum atomic E-state index is 13.4. The van der Waals surface area contributed by atoms with Crippen LogP contribution in [0, 0.1) is 11.2 Å². The zero-order valence-corrected chi connectivity index (χ0v) is 12.8. The summed E-state index contributed by atoms with van der Waals surface area (Å²) in [7, 11) is 1.82. The Morgan fingerprint density at radius 1 is 1.16 bits per heavy atom. The Labute approximate surface area is 125 Å². The van der Waals surface area contributed by atoms with Crippen molar-refractivity contribution in [3.05, 3.63) is 33.6 Å². The van der Waals surface area contributed by atoms with E-state index in [1.807, 2.05) is 0 Å². The minimum Gasteiger partial charge on any atom is -0.212 e. The lowest BCUT2D eigenvalue weighted by atomic mass is 9.34. The molecule has 19 heavy (non-hydrogen) atoms. The number of hydrogen-bond acceptors (Lipinski definition) is 2. The van der Waals surface area contributed by atoms with Crippen LogP contribution in [0.2, 0.25) is 10.0 Å². The largest absolute Gasteiger partial charge is 0.233 e. The molecule has 3 saturated carbocycles. The average molecular weight is 344 g/mol. The second-order valence-corrected chi connectivity index (χ2v) is 9.34. The van der Waals surface area contributed by atoms with Gasteiger partial charge >= 0.3 is 0 Å². The van der Waals surface area contributed by atoms with Crippen molar-refractivity contribution in [1.29, 1.82) is 0 Å². The first-order valence-electron chi connectivity index (χ1n) is 5.72. The lowest BCUT2D eigenvalue weighted by Crippen LogP contribution is -2.66. The smallest absolute Gasteiger partial charge is 0.212 e. The van der Waals surface area contributed by atoms with Gasteiger partial charge in [-0.3, -0.25) is 0 Å². The van der Waals surface area contributed by atoms with Crippen LogP contribution < -0.4 is 0 Å². The summed E-state index contributed by atoms with van der Waals surface area (Å²) >= 11 is 11.6. The predicted molar refractivity (Wildman–Crippen MR) is 74.0 cm³/mol. The van der Waals surface area contributed by atoms with Crippen LogP contribution in [0.3, 0.4) is 0 Å². The fourth-order valence-corrected chi connectivity index (χ4v) is 5.90. The molecule has 4 rings (SSSR count). The van der Waals surface area contributed by atoms with Crippen LogP contribution in [0.25, 0.3) is 0 Å². The maximum Gasteiger partial charge on any atom is 0.233 e. The minimum absolute atomic E-state index is 0.00578. The SMILES string of the molecule is O=S(=O)(Cl)CC12CC(c3cc(Cl)c(F)c(Cl)c3)(C1)C2. The van der Waals surface area contributed by atoms with Gasteiger partial charge in [-0.05, 0) is 47.8 Å². The van der Waals surface area contributed by atoms with Gasteiger partial charge in [0.15, 0.2) is 5.82 Å². The van der Waals surface area contributed by atoms with Crippen molar-refractivity contribution in [2.24, 2.45) is 5.41 Å². The quantitative estimate of drug-likeness (QED) is 0.611. The molecule has 0 aromatic heterocycles. The van der Waals surface area contributed by atoms with Gasteiger partial charge in [0.05, 0.1) is 15.8 Å². The average Bonchev–Trinajstić information content (AvgIpc) is 2.15. The lowest BCUT2D eigenvalue weighted by Gasteiger charge is -2.71. The Kier molecular flexibility index (Phi) is 2.93. The standard InChI is InChI=1S/C12H10Cl3FO2S/c13-8-1-7(2-9(14)10(8)16)12-3-11(4-12,5-12)6-19(15,17)18/h1-2H,3-6H2. The summed E-state index contributed by atoms with van der Waals surface area (Å²) < 4.78 is 35.6. The van der Waals surface area contributed by atoms with Crippen LogP contribution in [0.4, 0.5) is 4.39 Å². The summed E-state index contributed by atoms with van der Waals surface area (Å²) in [5, 5.41) is 0.0116. The molecule has 0 radical (unpaired) electrons. The van der Waals surface area contributed by atoms with Gasteiger partial charge in [-0.25, -0.2) is 12.8 Å². The number of hydrogen-bond donors (Lipinski definition) is 0. The molecule has 0 spiro atoms. The molecule has 0 heterocycles. The Morgan fingerprint density at radius 2 is 1.63 bits per heavy atom. The molecule has 3 aliphatic carbocycles. The van der Waals surface area contributed by atoms with Crippen LogP contribution >= 0.6 is 33.9 Å². The Balaban J connectivity index is 1.82. The van der Waals surface area contributed by atoms with Gasteiger partial charge in [0.1, 0.15) is 0 Å². The van der Waals surface area contributed by atoms with Gasteiger partial charge in [-0.2, -0.15) is 0 Å². The molecule has 0 unspecified atom stereocenters. The lowest BCUT2D eigenvalue weighted by molar-refractivity contribution is -0.122. The Bertz CT molecular complexity index is 629. The molecule has 0 amide bonds. The van der Waals surface area contributed by atoms with Crippen LogP contribution in [-0.4, -0.2) is 14.2 Å². The van der Waals surface area contributed by atoms with E-state index in [9.17, 15) is 12.8 Å². The van der Waals surface area contributed by atoms with Crippen molar-refractivity contribution < 1.29 is 12.8 Å². The van der Waals surface area contributed by atoms with Crippen molar-refractivity contribution in [2.75, 3.05) is 5.75 Å². The fraction of sp³-hybridized carbons (Fsp3) is 0.500. The first kappa shape index (κ1) is 13.9. The van der Waals surface area contributed by atoms with Crippen LogP contribution in [0.5, 0.6) is 0 Å². The Morgan fingerprint density at radius 3 is 2.05 bits per heavy atom. The highest BCUT2D eigenvalue weighted by molar-refractivity contribution is 8.13. The Hall–Kier alpha value is -0.0300. The molecule has 0 N–H and O–H groups in total. The third kappa shape index (κ3) is 2.17. The summed E-state index contributed by atoms with van der Waals surface area (Å²) in [4.78, 5) is 0. The molecule has 104 valence electrons. The molecule has 0 atom stereocenters. The van der Waals surface area contributed by atoms with E-state index in [4.69, 9.17) is 33.9 Å². The molecule has 3 fully saturated rings. The summed E-state index contributed by atoms with van der Waals surface area (Å²) in [5.41, 5.74) is 0.592. The van der Waals surface area contributed by atoms with Crippen molar-refractivity contribution in [1.82, 2.24) is 0 Å². The first-order chi connectivity index (χ1) is 8.65. The second-order valence-electron chi connectivity index (χ2n) is 5.75. The zero-order valence-electron chi connectivity index (χ0n) is 9.72. The van der Waals surface area contributed by atoms with Crippen molar-refractivity contribution in [3.63, 3.8) is 0 Å². The molecular weight excluding hydrogens is 334 g/mol. The van der Waals surface area contributed by atoms with E-state index in [-0.39, 0.29) is 26.6 Å². The third-order valence-electron chi connectivity index (χ3n) is 4.21. The van der Waals surface area contributed by atoms with E-state index >= 15 is 0 Å². The molecule has 1 aromatic carbocycles. The normalized spacial score (nSPS) is 32.6. The summed E-state index contributed by atoms with van der Waals surface area (Å²) in [6, 6.07) is 3.17. The molecule has 3 aliphatic rings. The predicted octanol–water partition coefficient (Wildman–Crippen LogP) is 4.12. The monoisotopic (exact) mass is 342 g/mol. The van der Waals surface area contributed by atoms with Gasteiger partial charge in [-0.1, -0.05) is 23.2 Å². The third-order valence-corrected chi connectivity index (χ3v) is 6.05. The van der Waals surface area contributed by atoms with E-state index in [1.54, 1.807) is 12.1 Å². The summed E-state index contributed by atoms with van der Waals surface area (Å²) in [6.07, 6.45) is 2.22. The van der Waals surface area contributed by atoms with Crippen LogP contribution in [0.15, 0.2) is 12.1 Å². The molecule has 1 aromatic rings. The fourth-order valence-electron chi connectivity index (χ4n) is 3.68. The second kappa shape index (κ2) is 4.00. The van der Waals surface area contributed by atoms with E-state index in [0.29, 0.717) is 0 Å². The van der Waals surface area contributed by atoms with E-state index < -0.39 is 14.9 Å². The minimum atomic E-state index is -3.48. The molecule has 2 nitrogen and oxygen atoms in total. The number of halogens is 4. The highest BCUT2D eigenvalue weighted by atomic mass is 35.7. The van der Waals surface area contributed by atoms with Crippen molar-refractivity contribution >= 4 is 42.9 Å². The van der Waals surface area contributed by atoms with Crippen LogP contribution in [-0.2, 0) is 14.5 Å². The first-order valence-corrected chi connectivity index (χ1v) is 8.96.